The molecule has 3 aromatic rings. The molecule has 3 nitrogen and oxygen atoms in total. The Hall–Kier alpha value is -2.83. The monoisotopic (exact) mass is 427 g/mol. The molecule has 0 amide bonds. The number of phenolic OH excluding ortho intramolecular Hbond substituents is 1. The highest BCUT2D eigenvalue weighted by Gasteiger charge is 2.45. The van der Waals surface area contributed by atoms with Crippen molar-refractivity contribution < 1.29 is 23.4 Å². The fourth-order valence-corrected chi connectivity index (χ4v) is 4.52. The van der Waals surface area contributed by atoms with Crippen LogP contribution >= 0.6 is 0 Å². The van der Waals surface area contributed by atoms with Gasteiger partial charge in [0.25, 0.3) is 0 Å². The molecule has 1 aliphatic rings. The lowest BCUT2D eigenvalue weighted by Gasteiger charge is -2.40. The molecule has 0 spiro atoms. The lowest BCUT2D eigenvalue weighted by atomic mass is 9.79. The number of phenols is 1. The summed E-state index contributed by atoms with van der Waals surface area (Å²) in [5.41, 5.74) is -0.245. The highest BCUT2D eigenvalue weighted by molar-refractivity contribution is 5.40. The minimum atomic E-state index is -4.51. The number of hydrogen-bond donors (Lipinski definition) is 2. The normalized spacial score (nSPS) is 17.7. The Balaban J connectivity index is 1.69. The highest BCUT2D eigenvalue weighted by Crippen LogP contribution is 2.41. The van der Waals surface area contributed by atoms with Crippen LogP contribution in [-0.4, -0.2) is 27.7 Å². The van der Waals surface area contributed by atoms with E-state index in [9.17, 15) is 23.4 Å². The van der Waals surface area contributed by atoms with Crippen LogP contribution in [0.5, 0.6) is 5.75 Å². The van der Waals surface area contributed by atoms with Gasteiger partial charge >= 0.3 is 6.18 Å². The summed E-state index contributed by atoms with van der Waals surface area (Å²) >= 11 is 0. The Kier molecular flexibility index (Phi) is 5.77. The molecule has 0 bridgehead atoms. The van der Waals surface area contributed by atoms with Crippen molar-refractivity contribution in [3.8, 4) is 5.75 Å². The van der Waals surface area contributed by atoms with Crippen LogP contribution < -0.4 is 0 Å². The Morgan fingerprint density at radius 1 is 0.839 bits per heavy atom. The number of hydrogen-bond acceptors (Lipinski definition) is 3. The smallest absolute Gasteiger partial charge is 0.416 e. The molecule has 1 fully saturated rings. The third kappa shape index (κ3) is 4.18. The van der Waals surface area contributed by atoms with E-state index >= 15 is 0 Å². The molecule has 4 rings (SSSR count). The van der Waals surface area contributed by atoms with E-state index < -0.39 is 17.3 Å². The fourth-order valence-electron chi connectivity index (χ4n) is 4.52. The van der Waals surface area contributed by atoms with Gasteiger partial charge in [-0.15, -0.1) is 0 Å². The minimum Gasteiger partial charge on any atom is -0.508 e. The van der Waals surface area contributed by atoms with Crippen molar-refractivity contribution >= 4 is 0 Å². The van der Waals surface area contributed by atoms with E-state index in [4.69, 9.17) is 0 Å². The van der Waals surface area contributed by atoms with Crippen molar-refractivity contribution in [1.29, 1.82) is 0 Å². The molecular weight excluding hydrogens is 403 g/mol. The van der Waals surface area contributed by atoms with Gasteiger partial charge in [-0.05, 0) is 42.6 Å². The van der Waals surface area contributed by atoms with E-state index in [1.54, 1.807) is 0 Å². The molecule has 6 heteroatoms. The van der Waals surface area contributed by atoms with Crippen LogP contribution in [0.2, 0.25) is 0 Å². The largest absolute Gasteiger partial charge is 0.508 e. The fraction of sp³-hybridized carbons (Fsp3) is 0.280. The second kappa shape index (κ2) is 8.36. The van der Waals surface area contributed by atoms with Crippen LogP contribution in [-0.2, 0) is 18.3 Å². The topological polar surface area (TPSA) is 43.7 Å². The van der Waals surface area contributed by atoms with Gasteiger partial charge in [-0.3, -0.25) is 4.90 Å². The number of benzene rings is 3. The van der Waals surface area contributed by atoms with Crippen molar-refractivity contribution in [2.75, 3.05) is 6.54 Å². The second-order valence-corrected chi connectivity index (χ2v) is 7.97. The summed E-state index contributed by atoms with van der Waals surface area (Å²) < 4.78 is 38.8. The molecule has 0 radical (unpaired) electrons. The van der Waals surface area contributed by atoms with Gasteiger partial charge in [0.15, 0.2) is 0 Å². The molecule has 1 atom stereocenters. The van der Waals surface area contributed by atoms with Gasteiger partial charge in [0.1, 0.15) is 11.4 Å². The van der Waals surface area contributed by atoms with E-state index in [2.05, 4.69) is 0 Å². The van der Waals surface area contributed by atoms with Gasteiger partial charge < -0.3 is 10.2 Å². The van der Waals surface area contributed by atoms with Crippen LogP contribution in [0.25, 0.3) is 0 Å². The van der Waals surface area contributed by atoms with Gasteiger partial charge in [-0.1, -0.05) is 66.7 Å². The van der Waals surface area contributed by atoms with Crippen LogP contribution in [0.15, 0.2) is 78.9 Å². The molecule has 1 aliphatic heterocycles. The van der Waals surface area contributed by atoms with Crippen molar-refractivity contribution in [3.63, 3.8) is 0 Å². The number of nitrogens with zero attached hydrogens (tertiary/aromatic N) is 1. The first-order valence-corrected chi connectivity index (χ1v) is 10.3. The standard InChI is InChI=1S/C25H24F3NO2/c26-25(27,28)21-14-13-18(22(30)16-21)17-29-15-7-12-23(29)24(31,19-8-3-1-4-9-19)20-10-5-2-6-11-20/h1-6,8-11,13-14,16,23,30-31H,7,12,15,17H2/t23-/m1/s1. The van der Waals surface area contributed by atoms with Crippen LogP contribution in [0.4, 0.5) is 13.2 Å². The van der Waals surface area contributed by atoms with E-state index in [0.717, 1.165) is 36.1 Å². The number of rotatable bonds is 5. The molecule has 2 N–H and O–H groups in total. The summed E-state index contributed by atoms with van der Waals surface area (Å²) in [6.45, 7) is 0.920. The van der Waals surface area contributed by atoms with E-state index in [-0.39, 0.29) is 18.3 Å². The summed E-state index contributed by atoms with van der Waals surface area (Å²) in [6.07, 6.45) is -2.94. The summed E-state index contributed by atoms with van der Waals surface area (Å²) in [5.74, 6) is -0.386. The summed E-state index contributed by atoms with van der Waals surface area (Å²) in [7, 11) is 0. The number of aliphatic hydroxyl groups is 1. The van der Waals surface area contributed by atoms with Crippen molar-refractivity contribution in [2.24, 2.45) is 0 Å². The van der Waals surface area contributed by atoms with Gasteiger partial charge in [-0.2, -0.15) is 13.2 Å². The maximum Gasteiger partial charge on any atom is 0.416 e. The molecule has 1 saturated heterocycles. The average Bonchev–Trinajstić information content (AvgIpc) is 3.24. The first kappa shape index (κ1) is 21.4. The predicted molar refractivity (Wildman–Crippen MR) is 112 cm³/mol. The molecule has 0 saturated carbocycles. The third-order valence-corrected chi connectivity index (χ3v) is 6.06. The zero-order chi connectivity index (χ0) is 22.1. The quantitative estimate of drug-likeness (QED) is 0.580. The summed E-state index contributed by atoms with van der Waals surface area (Å²) in [4.78, 5) is 2.04. The van der Waals surface area contributed by atoms with Gasteiger partial charge in [0.2, 0.25) is 0 Å². The number of halogens is 3. The first-order chi connectivity index (χ1) is 14.8. The molecule has 1 heterocycles. The number of alkyl halides is 3. The highest BCUT2D eigenvalue weighted by atomic mass is 19.4. The Morgan fingerprint density at radius 3 is 1.94 bits per heavy atom. The maximum absolute atomic E-state index is 12.9. The van der Waals surface area contributed by atoms with Crippen molar-refractivity contribution in [3.05, 3.63) is 101 Å². The maximum atomic E-state index is 12.9. The van der Waals surface area contributed by atoms with Crippen LogP contribution in [0, 0.1) is 0 Å². The molecular formula is C25H24F3NO2. The second-order valence-electron chi connectivity index (χ2n) is 7.97. The third-order valence-electron chi connectivity index (χ3n) is 6.06. The van der Waals surface area contributed by atoms with Gasteiger partial charge in [0.05, 0.1) is 5.56 Å². The minimum absolute atomic E-state index is 0.247. The van der Waals surface area contributed by atoms with Crippen LogP contribution in [0.1, 0.15) is 35.1 Å². The van der Waals surface area contributed by atoms with E-state index in [1.165, 1.54) is 6.07 Å². The molecule has 162 valence electrons. The SMILES string of the molecule is Oc1cc(C(F)(F)F)ccc1CN1CCC[C@@H]1C(O)(c1ccccc1)c1ccccc1. The van der Waals surface area contributed by atoms with Crippen molar-refractivity contribution in [1.82, 2.24) is 4.90 Å². The van der Waals surface area contributed by atoms with Gasteiger partial charge in [-0.25, -0.2) is 0 Å². The number of likely N-dealkylation sites (tertiary alicyclic amines) is 1. The summed E-state index contributed by atoms with van der Waals surface area (Å²) in [6, 6.07) is 21.6. The lowest BCUT2D eigenvalue weighted by Crippen LogP contribution is -2.48. The molecule has 0 unspecified atom stereocenters. The molecule has 0 aliphatic carbocycles. The Morgan fingerprint density at radius 2 is 1.42 bits per heavy atom. The first-order valence-electron chi connectivity index (χ1n) is 10.3. The molecule has 3 aromatic carbocycles. The summed E-state index contributed by atoms with van der Waals surface area (Å²) in [5, 5.41) is 22.3. The van der Waals surface area contributed by atoms with E-state index in [0.29, 0.717) is 12.1 Å². The molecule has 31 heavy (non-hydrogen) atoms. The zero-order valence-electron chi connectivity index (χ0n) is 16.9. The lowest BCUT2D eigenvalue weighted by molar-refractivity contribution is -0.137. The average molecular weight is 427 g/mol. The Labute approximate surface area is 179 Å². The van der Waals surface area contributed by atoms with Crippen molar-refractivity contribution in [2.45, 2.75) is 37.2 Å². The zero-order valence-corrected chi connectivity index (χ0v) is 16.9. The molecule has 0 aromatic heterocycles. The van der Waals surface area contributed by atoms with E-state index in [1.807, 2.05) is 65.6 Å². The van der Waals surface area contributed by atoms with Crippen LogP contribution in [0.3, 0.4) is 0 Å². The number of aromatic hydroxyl groups is 1. The van der Waals surface area contributed by atoms with Gasteiger partial charge in [0, 0.05) is 18.2 Å². The Bertz CT molecular complexity index is 982. The predicted octanol–water partition coefficient (Wildman–Crippen LogP) is 5.31.